The van der Waals surface area contributed by atoms with Crippen molar-refractivity contribution in [2.24, 2.45) is 34.0 Å². The zero-order valence-electron chi connectivity index (χ0n) is 14.9. The van der Waals surface area contributed by atoms with Gasteiger partial charge in [-0.3, -0.25) is 9.59 Å². The smallest absolute Gasteiger partial charge is 0.208 e. The van der Waals surface area contributed by atoms with Gasteiger partial charge in [-0.2, -0.15) is 0 Å². The molecule has 4 heteroatoms. The van der Waals surface area contributed by atoms with E-state index in [0.717, 1.165) is 24.8 Å². The number of ketones is 2. The monoisotopic (exact) mass is 330 g/mol. The van der Waals surface area contributed by atoms with Gasteiger partial charge in [-0.25, -0.2) is 0 Å². The van der Waals surface area contributed by atoms with Crippen LogP contribution in [0.25, 0.3) is 0 Å². The molecule has 4 saturated carbocycles. The number of aliphatic hydroxyl groups is 1. The third-order valence-electron chi connectivity index (χ3n) is 9.17. The minimum absolute atomic E-state index is 0.00443. The molecule has 0 aromatic carbocycles. The van der Waals surface area contributed by atoms with Gasteiger partial charge in [-0.05, 0) is 49.0 Å². The first-order valence-electron chi connectivity index (χ1n) is 9.25. The Morgan fingerprint density at radius 2 is 1.92 bits per heavy atom. The lowest BCUT2D eigenvalue weighted by Crippen LogP contribution is -2.48. The van der Waals surface area contributed by atoms with Gasteiger partial charge in [0.2, 0.25) is 11.6 Å². The van der Waals surface area contributed by atoms with Gasteiger partial charge in [-0.1, -0.05) is 27.4 Å². The number of hydrogen-bond donors (Lipinski definition) is 1. The fourth-order valence-electron chi connectivity index (χ4n) is 8.02. The quantitative estimate of drug-likeness (QED) is 0.455. The van der Waals surface area contributed by atoms with E-state index in [9.17, 15) is 14.7 Å². The second-order valence-corrected chi connectivity index (χ2v) is 9.56. The summed E-state index contributed by atoms with van der Waals surface area (Å²) >= 11 is 0. The predicted molar refractivity (Wildman–Crippen MR) is 87.1 cm³/mol. The molecule has 1 unspecified atom stereocenters. The molecule has 4 aliphatic carbocycles. The maximum Gasteiger partial charge on any atom is 0.208 e. The second-order valence-electron chi connectivity index (χ2n) is 9.56. The lowest BCUT2D eigenvalue weighted by molar-refractivity contribution is -0.143. The van der Waals surface area contributed by atoms with Crippen LogP contribution < -0.4 is 0 Å². The van der Waals surface area contributed by atoms with Crippen LogP contribution in [-0.4, -0.2) is 34.5 Å². The standard InChI is InChI=1S/C20H26O4/c1-9(2)11-6-7-19-8-12-10(3)13(21)16-20(12,24-16)18(19,5)15(23)14(22)17(11,19)4/h9,11-13,16,21H,3,6-8H2,1-2,4-5H3/t11?,12-,13+,16-,17+,18+,19-,20+/m1/s1. The SMILES string of the molecule is C=C1[C@H]2C[C@]34CCC(C(C)C)[C@@]3(C)C(=O)C(=O)[C@]4(C)[C@]23O[C@@H]3[C@H]1O. The summed E-state index contributed by atoms with van der Waals surface area (Å²) < 4.78 is 6.04. The number of rotatable bonds is 1. The van der Waals surface area contributed by atoms with Gasteiger partial charge in [-0.15, -0.1) is 0 Å². The van der Waals surface area contributed by atoms with Crippen molar-refractivity contribution in [2.45, 2.75) is 64.8 Å². The van der Waals surface area contributed by atoms with Crippen LogP contribution in [0, 0.1) is 34.0 Å². The van der Waals surface area contributed by atoms with Crippen LogP contribution in [0.4, 0.5) is 0 Å². The van der Waals surface area contributed by atoms with Gasteiger partial charge in [0.15, 0.2) is 0 Å². The summed E-state index contributed by atoms with van der Waals surface area (Å²) in [7, 11) is 0. The Balaban J connectivity index is 1.76. The Kier molecular flexibility index (Phi) is 2.37. The molecule has 5 fully saturated rings. The highest BCUT2D eigenvalue weighted by Gasteiger charge is 2.94. The van der Waals surface area contributed by atoms with Crippen LogP contribution in [0.3, 0.4) is 0 Å². The third kappa shape index (κ3) is 1.04. The maximum atomic E-state index is 13.3. The highest BCUT2D eigenvalue weighted by Crippen LogP contribution is 2.86. The van der Waals surface area contributed by atoms with Crippen LogP contribution in [-0.2, 0) is 14.3 Å². The van der Waals surface area contributed by atoms with Gasteiger partial charge in [0, 0.05) is 11.3 Å². The molecule has 5 aliphatic rings. The highest BCUT2D eigenvalue weighted by molar-refractivity contribution is 6.44. The number of hydrogen-bond acceptors (Lipinski definition) is 4. The van der Waals surface area contributed by atoms with E-state index in [0.29, 0.717) is 5.92 Å². The first-order chi connectivity index (χ1) is 11.1. The Labute approximate surface area is 142 Å². The van der Waals surface area contributed by atoms with E-state index in [1.807, 2.05) is 13.8 Å². The average molecular weight is 330 g/mol. The molecule has 5 rings (SSSR count). The zero-order chi connectivity index (χ0) is 17.4. The van der Waals surface area contributed by atoms with Crippen molar-refractivity contribution in [3.63, 3.8) is 0 Å². The molecule has 1 saturated heterocycles. The summed E-state index contributed by atoms with van der Waals surface area (Å²) in [5, 5.41) is 10.4. The van der Waals surface area contributed by atoms with Crippen molar-refractivity contribution in [1.82, 2.24) is 0 Å². The Bertz CT molecular complexity index is 725. The van der Waals surface area contributed by atoms with Crippen LogP contribution in [0.5, 0.6) is 0 Å². The summed E-state index contributed by atoms with van der Waals surface area (Å²) in [4.78, 5) is 26.6. The van der Waals surface area contributed by atoms with E-state index in [1.54, 1.807) is 0 Å². The minimum Gasteiger partial charge on any atom is -0.386 e. The average Bonchev–Trinajstić information content (AvgIpc) is 3.05. The number of aliphatic hydroxyl groups excluding tert-OH is 1. The van der Waals surface area contributed by atoms with Crippen molar-refractivity contribution in [3.05, 3.63) is 12.2 Å². The predicted octanol–water partition coefficient (Wildman–Crippen LogP) is 2.29. The molecule has 8 atom stereocenters. The van der Waals surface area contributed by atoms with Crippen molar-refractivity contribution >= 4 is 11.6 Å². The lowest BCUT2D eigenvalue weighted by atomic mass is 9.56. The molecule has 1 N–H and O–H groups in total. The topological polar surface area (TPSA) is 66.9 Å². The Morgan fingerprint density at radius 3 is 2.54 bits per heavy atom. The first-order valence-corrected chi connectivity index (χ1v) is 9.25. The van der Waals surface area contributed by atoms with Crippen molar-refractivity contribution in [1.29, 1.82) is 0 Å². The van der Waals surface area contributed by atoms with Gasteiger partial charge < -0.3 is 9.84 Å². The molecule has 0 aromatic heterocycles. The van der Waals surface area contributed by atoms with E-state index >= 15 is 0 Å². The van der Waals surface area contributed by atoms with Gasteiger partial charge >= 0.3 is 0 Å². The summed E-state index contributed by atoms with van der Waals surface area (Å²) in [5.41, 5.74) is -1.63. The van der Waals surface area contributed by atoms with Crippen molar-refractivity contribution < 1.29 is 19.4 Å². The molecule has 0 amide bonds. The summed E-state index contributed by atoms with van der Waals surface area (Å²) in [6.45, 7) is 12.5. The highest BCUT2D eigenvalue weighted by atomic mass is 16.6. The van der Waals surface area contributed by atoms with Crippen LogP contribution >= 0.6 is 0 Å². The van der Waals surface area contributed by atoms with Crippen molar-refractivity contribution in [3.8, 4) is 0 Å². The zero-order valence-corrected chi connectivity index (χ0v) is 14.9. The number of epoxide rings is 1. The Hall–Kier alpha value is -1.00. The fourth-order valence-corrected chi connectivity index (χ4v) is 8.02. The molecule has 0 bridgehead atoms. The van der Waals surface area contributed by atoms with E-state index in [2.05, 4.69) is 20.4 Å². The molecular weight excluding hydrogens is 304 g/mol. The third-order valence-corrected chi connectivity index (χ3v) is 9.17. The van der Waals surface area contributed by atoms with Crippen LogP contribution in [0.1, 0.15) is 47.0 Å². The van der Waals surface area contributed by atoms with Gasteiger partial charge in [0.25, 0.3) is 0 Å². The summed E-state index contributed by atoms with van der Waals surface area (Å²) in [5.74, 6) is 0.180. The minimum atomic E-state index is -0.814. The van der Waals surface area contributed by atoms with E-state index in [4.69, 9.17) is 4.74 Å². The van der Waals surface area contributed by atoms with E-state index in [1.165, 1.54) is 0 Å². The van der Waals surface area contributed by atoms with Gasteiger partial charge in [0.05, 0.1) is 5.41 Å². The normalized spacial score (nSPS) is 60.5. The van der Waals surface area contributed by atoms with Gasteiger partial charge in [0.1, 0.15) is 17.8 Å². The molecule has 24 heavy (non-hydrogen) atoms. The lowest BCUT2D eigenvalue weighted by Gasteiger charge is -2.44. The molecule has 0 radical (unpaired) electrons. The van der Waals surface area contributed by atoms with E-state index in [-0.39, 0.29) is 34.9 Å². The first kappa shape index (κ1) is 15.3. The second kappa shape index (κ2) is 3.73. The molecule has 130 valence electrons. The van der Waals surface area contributed by atoms with Crippen LogP contribution in [0.2, 0.25) is 0 Å². The Morgan fingerprint density at radius 1 is 1.25 bits per heavy atom. The number of carbonyl (C=O) groups excluding carboxylic acids is 2. The van der Waals surface area contributed by atoms with E-state index < -0.39 is 22.5 Å². The molecule has 0 aromatic rings. The fraction of sp³-hybridized carbons (Fsp3) is 0.800. The summed E-state index contributed by atoms with van der Waals surface area (Å²) in [6.07, 6.45) is 1.61. The molecule has 2 spiro atoms. The molecule has 4 nitrogen and oxygen atoms in total. The maximum absolute atomic E-state index is 13.3. The number of Topliss-reactive ketones (excluding diaryl/α,β-unsaturated/α-hetero) is 2. The molecule has 1 heterocycles. The number of carbonyl (C=O) groups is 2. The molecular formula is C20H26O4. The number of ether oxygens (including phenoxy) is 1. The van der Waals surface area contributed by atoms with Crippen LogP contribution in [0.15, 0.2) is 12.2 Å². The molecule has 1 aliphatic heterocycles. The summed E-state index contributed by atoms with van der Waals surface area (Å²) in [6, 6.07) is 0. The largest absolute Gasteiger partial charge is 0.386 e. The van der Waals surface area contributed by atoms with Crippen molar-refractivity contribution in [2.75, 3.05) is 0 Å².